The van der Waals surface area contributed by atoms with Gasteiger partial charge in [0.1, 0.15) is 5.75 Å². The van der Waals surface area contributed by atoms with Gasteiger partial charge in [-0.3, -0.25) is 0 Å². The lowest BCUT2D eigenvalue weighted by atomic mass is 9.73. The van der Waals surface area contributed by atoms with E-state index in [1.54, 1.807) is 0 Å². The van der Waals surface area contributed by atoms with E-state index in [9.17, 15) is 0 Å². The zero-order valence-corrected chi connectivity index (χ0v) is 12.6. The summed E-state index contributed by atoms with van der Waals surface area (Å²) < 4.78 is 5.88. The van der Waals surface area contributed by atoms with Gasteiger partial charge in [0.25, 0.3) is 0 Å². The highest BCUT2D eigenvalue weighted by Gasteiger charge is 2.35. The Bertz CT molecular complexity index is 425. The van der Waals surface area contributed by atoms with Gasteiger partial charge in [0.2, 0.25) is 0 Å². The molecular weight excluding hydrogens is 246 g/mol. The lowest BCUT2D eigenvalue weighted by molar-refractivity contribution is 0.225. The van der Waals surface area contributed by atoms with Gasteiger partial charge in [-0.05, 0) is 55.8 Å². The topological polar surface area (TPSA) is 21.3 Å². The smallest absolute Gasteiger partial charge is 0.122 e. The van der Waals surface area contributed by atoms with Crippen LogP contribution in [-0.2, 0) is 0 Å². The molecule has 0 radical (unpaired) electrons. The Morgan fingerprint density at radius 3 is 2.75 bits per heavy atom. The Labute approximate surface area is 122 Å². The fourth-order valence-electron chi connectivity index (χ4n) is 4.22. The van der Waals surface area contributed by atoms with E-state index in [0.717, 1.165) is 30.7 Å². The van der Waals surface area contributed by atoms with E-state index in [2.05, 4.69) is 36.5 Å². The zero-order chi connectivity index (χ0) is 13.8. The van der Waals surface area contributed by atoms with Crippen LogP contribution in [-0.4, -0.2) is 19.7 Å². The Hall–Kier alpha value is -1.02. The Kier molecular flexibility index (Phi) is 4.62. The third-order valence-electron chi connectivity index (χ3n) is 5.15. The quantitative estimate of drug-likeness (QED) is 0.896. The summed E-state index contributed by atoms with van der Waals surface area (Å²) in [5.41, 5.74) is 1.45. The molecule has 0 bridgehead atoms. The lowest BCUT2D eigenvalue weighted by Crippen LogP contribution is -2.39. The number of para-hydroxylation sites is 1. The van der Waals surface area contributed by atoms with Gasteiger partial charge >= 0.3 is 0 Å². The molecule has 2 atom stereocenters. The molecule has 0 aromatic heterocycles. The number of benzene rings is 1. The summed E-state index contributed by atoms with van der Waals surface area (Å²) in [7, 11) is 0. The fourth-order valence-corrected chi connectivity index (χ4v) is 4.22. The van der Waals surface area contributed by atoms with Crippen LogP contribution in [0.5, 0.6) is 5.75 Å². The van der Waals surface area contributed by atoms with Crippen molar-refractivity contribution in [3.63, 3.8) is 0 Å². The van der Waals surface area contributed by atoms with Crippen molar-refractivity contribution < 1.29 is 4.74 Å². The zero-order valence-electron chi connectivity index (χ0n) is 12.6. The van der Waals surface area contributed by atoms with Gasteiger partial charge in [0.15, 0.2) is 0 Å². The molecule has 1 aromatic rings. The van der Waals surface area contributed by atoms with E-state index in [4.69, 9.17) is 4.74 Å². The molecule has 1 aromatic carbocycles. The van der Waals surface area contributed by atoms with Crippen molar-refractivity contribution in [2.75, 3.05) is 19.7 Å². The first-order chi connectivity index (χ1) is 9.90. The van der Waals surface area contributed by atoms with Gasteiger partial charge in [-0.1, -0.05) is 43.9 Å². The Morgan fingerprint density at radius 1 is 1.15 bits per heavy atom. The number of piperidine rings is 1. The van der Waals surface area contributed by atoms with Crippen LogP contribution in [0.1, 0.15) is 50.5 Å². The van der Waals surface area contributed by atoms with E-state index in [1.807, 2.05) is 0 Å². The van der Waals surface area contributed by atoms with Crippen LogP contribution in [0.3, 0.4) is 0 Å². The van der Waals surface area contributed by atoms with Crippen molar-refractivity contribution in [2.24, 2.45) is 11.8 Å². The van der Waals surface area contributed by atoms with E-state index in [0.29, 0.717) is 5.92 Å². The predicted octanol–water partition coefficient (Wildman–Crippen LogP) is 3.97. The predicted molar refractivity (Wildman–Crippen MR) is 83.3 cm³/mol. The summed E-state index contributed by atoms with van der Waals surface area (Å²) in [5.74, 6) is 3.52. The maximum Gasteiger partial charge on any atom is 0.122 e. The Morgan fingerprint density at radius 2 is 1.95 bits per heavy atom. The summed E-state index contributed by atoms with van der Waals surface area (Å²) >= 11 is 0. The molecule has 2 fully saturated rings. The number of hydrogen-bond acceptors (Lipinski definition) is 2. The lowest BCUT2D eigenvalue weighted by Gasteiger charge is -2.37. The molecule has 1 saturated heterocycles. The van der Waals surface area contributed by atoms with Gasteiger partial charge in [-0.15, -0.1) is 0 Å². The number of hydrogen-bond donors (Lipinski definition) is 1. The van der Waals surface area contributed by atoms with Crippen LogP contribution in [0.25, 0.3) is 0 Å². The molecule has 1 aliphatic carbocycles. The molecule has 20 heavy (non-hydrogen) atoms. The molecular formula is C18H27NO. The van der Waals surface area contributed by atoms with Crippen molar-refractivity contribution in [3.8, 4) is 5.75 Å². The molecule has 1 N–H and O–H groups in total. The molecule has 0 amide bonds. The van der Waals surface area contributed by atoms with Crippen molar-refractivity contribution in [2.45, 2.75) is 44.9 Å². The van der Waals surface area contributed by atoms with Crippen molar-refractivity contribution in [1.29, 1.82) is 0 Å². The van der Waals surface area contributed by atoms with Crippen LogP contribution in [0.15, 0.2) is 24.3 Å². The van der Waals surface area contributed by atoms with Crippen LogP contribution in [0, 0.1) is 11.8 Å². The van der Waals surface area contributed by atoms with E-state index < -0.39 is 0 Å². The van der Waals surface area contributed by atoms with Gasteiger partial charge in [0, 0.05) is 0 Å². The second-order valence-electron chi connectivity index (χ2n) is 6.28. The van der Waals surface area contributed by atoms with Crippen molar-refractivity contribution in [3.05, 3.63) is 29.8 Å². The summed E-state index contributed by atoms with van der Waals surface area (Å²) in [4.78, 5) is 0. The van der Waals surface area contributed by atoms with Crippen LogP contribution >= 0.6 is 0 Å². The van der Waals surface area contributed by atoms with E-state index >= 15 is 0 Å². The van der Waals surface area contributed by atoms with Gasteiger partial charge in [-0.2, -0.15) is 0 Å². The van der Waals surface area contributed by atoms with Gasteiger partial charge < -0.3 is 10.1 Å². The maximum atomic E-state index is 5.88. The molecule has 1 saturated carbocycles. The van der Waals surface area contributed by atoms with Crippen LogP contribution in [0.4, 0.5) is 0 Å². The molecule has 110 valence electrons. The standard InChI is InChI=1S/C18H27NO/c1-2-20-18-10-6-5-9-16(18)15-11-12-19-13-17(15)14-7-3-4-8-14/h5-6,9-10,14-15,17,19H,2-4,7-8,11-13H2,1H3. The first-order valence-electron chi connectivity index (χ1n) is 8.32. The minimum atomic E-state index is 0.682. The van der Waals surface area contributed by atoms with E-state index in [-0.39, 0.29) is 0 Å². The SMILES string of the molecule is CCOc1ccccc1C1CCNCC1C1CCCC1. The van der Waals surface area contributed by atoms with Crippen molar-refractivity contribution >= 4 is 0 Å². The number of ether oxygens (including phenoxy) is 1. The fraction of sp³-hybridized carbons (Fsp3) is 0.667. The third kappa shape index (κ3) is 2.85. The molecule has 0 spiro atoms. The summed E-state index contributed by atoms with van der Waals surface area (Å²) in [6, 6.07) is 8.71. The first kappa shape index (κ1) is 13.9. The summed E-state index contributed by atoms with van der Waals surface area (Å²) in [5, 5.41) is 3.62. The molecule has 2 unspecified atom stereocenters. The van der Waals surface area contributed by atoms with E-state index in [1.165, 1.54) is 44.2 Å². The molecule has 2 nitrogen and oxygen atoms in total. The molecule has 1 heterocycles. The second-order valence-corrected chi connectivity index (χ2v) is 6.28. The molecule has 1 aliphatic heterocycles. The molecule has 3 rings (SSSR count). The minimum Gasteiger partial charge on any atom is -0.494 e. The van der Waals surface area contributed by atoms with Crippen LogP contribution < -0.4 is 10.1 Å². The third-order valence-corrected chi connectivity index (χ3v) is 5.15. The Balaban J connectivity index is 1.85. The second kappa shape index (κ2) is 6.62. The highest BCUT2D eigenvalue weighted by molar-refractivity contribution is 5.37. The average molecular weight is 273 g/mol. The molecule has 2 aliphatic rings. The first-order valence-corrected chi connectivity index (χ1v) is 8.32. The highest BCUT2D eigenvalue weighted by atomic mass is 16.5. The number of rotatable bonds is 4. The van der Waals surface area contributed by atoms with Crippen LogP contribution in [0.2, 0.25) is 0 Å². The monoisotopic (exact) mass is 273 g/mol. The normalized spacial score (nSPS) is 27.6. The minimum absolute atomic E-state index is 0.682. The largest absolute Gasteiger partial charge is 0.494 e. The summed E-state index contributed by atoms with van der Waals surface area (Å²) in [6.45, 7) is 5.17. The average Bonchev–Trinajstić information content (AvgIpc) is 3.02. The van der Waals surface area contributed by atoms with Gasteiger partial charge in [-0.25, -0.2) is 0 Å². The van der Waals surface area contributed by atoms with Gasteiger partial charge in [0.05, 0.1) is 6.61 Å². The van der Waals surface area contributed by atoms with Crippen molar-refractivity contribution in [1.82, 2.24) is 5.32 Å². The summed E-state index contributed by atoms with van der Waals surface area (Å²) in [6.07, 6.45) is 6.98. The highest BCUT2D eigenvalue weighted by Crippen LogP contribution is 2.44. The number of nitrogens with one attached hydrogen (secondary N) is 1. The maximum absolute atomic E-state index is 5.88. The molecule has 2 heteroatoms.